The van der Waals surface area contributed by atoms with E-state index >= 15 is 0 Å². The average Bonchev–Trinajstić information content (AvgIpc) is 2.30. The standard InChI is InChI=1S/C7H5N.C4H9NO/c8-6-7-4-2-1-3-5-7;1-3-4(6)5-2/h1-5H;3H2,1-2H3,(H,5,6). The first-order valence-corrected chi connectivity index (χ1v) is 4.40. The summed E-state index contributed by atoms with van der Waals surface area (Å²) in [5.74, 6) is 0.0926. The number of carbonyl (C=O) groups is 1. The molecule has 0 bridgehead atoms. The summed E-state index contributed by atoms with van der Waals surface area (Å²) in [7, 11) is 1.63. The van der Waals surface area contributed by atoms with Crippen LogP contribution in [0.1, 0.15) is 18.9 Å². The van der Waals surface area contributed by atoms with Crippen molar-refractivity contribution in [3.05, 3.63) is 35.9 Å². The molecular weight excluding hydrogens is 176 g/mol. The SMILES string of the molecule is CCC(=O)NC.N#Cc1ccccc1. The van der Waals surface area contributed by atoms with Gasteiger partial charge in [-0.2, -0.15) is 5.26 Å². The van der Waals surface area contributed by atoms with Gasteiger partial charge in [0.2, 0.25) is 5.91 Å². The molecule has 0 aliphatic carbocycles. The lowest BCUT2D eigenvalue weighted by molar-refractivity contribution is -0.120. The van der Waals surface area contributed by atoms with Gasteiger partial charge in [0.25, 0.3) is 0 Å². The third kappa shape index (κ3) is 5.78. The molecule has 1 aromatic carbocycles. The topological polar surface area (TPSA) is 52.9 Å². The second kappa shape index (κ2) is 7.81. The third-order valence-corrected chi connectivity index (χ3v) is 1.50. The lowest BCUT2D eigenvalue weighted by Crippen LogP contribution is -2.15. The number of nitrogens with one attached hydrogen (secondary N) is 1. The molecule has 0 spiro atoms. The molecule has 0 unspecified atom stereocenters. The van der Waals surface area contributed by atoms with E-state index in [1.807, 2.05) is 31.2 Å². The number of benzene rings is 1. The van der Waals surface area contributed by atoms with Gasteiger partial charge in [-0.3, -0.25) is 4.79 Å². The summed E-state index contributed by atoms with van der Waals surface area (Å²) in [6, 6.07) is 11.2. The van der Waals surface area contributed by atoms with Crippen molar-refractivity contribution in [3.63, 3.8) is 0 Å². The summed E-state index contributed by atoms with van der Waals surface area (Å²) in [4.78, 5) is 10.1. The predicted molar refractivity (Wildman–Crippen MR) is 55.5 cm³/mol. The van der Waals surface area contributed by atoms with E-state index in [0.29, 0.717) is 12.0 Å². The van der Waals surface area contributed by atoms with Crippen LogP contribution in [0.5, 0.6) is 0 Å². The van der Waals surface area contributed by atoms with Gasteiger partial charge < -0.3 is 5.32 Å². The second-order valence-corrected chi connectivity index (χ2v) is 2.50. The summed E-state index contributed by atoms with van der Waals surface area (Å²) in [5.41, 5.74) is 0.715. The molecular formula is C11H14N2O. The third-order valence-electron chi connectivity index (χ3n) is 1.50. The molecule has 14 heavy (non-hydrogen) atoms. The van der Waals surface area contributed by atoms with Gasteiger partial charge in [0, 0.05) is 13.5 Å². The second-order valence-electron chi connectivity index (χ2n) is 2.50. The molecule has 1 rings (SSSR count). The maximum Gasteiger partial charge on any atom is 0.219 e. The molecule has 0 saturated carbocycles. The van der Waals surface area contributed by atoms with Crippen molar-refractivity contribution >= 4 is 5.91 Å². The van der Waals surface area contributed by atoms with Gasteiger partial charge in [-0.1, -0.05) is 25.1 Å². The Morgan fingerprint density at radius 3 is 2.21 bits per heavy atom. The summed E-state index contributed by atoms with van der Waals surface area (Å²) in [6.45, 7) is 1.82. The van der Waals surface area contributed by atoms with E-state index in [4.69, 9.17) is 5.26 Å². The van der Waals surface area contributed by atoms with Gasteiger partial charge in [0.1, 0.15) is 0 Å². The fourth-order valence-corrected chi connectivity index (χ4v) is 0.689. The van der Waals surface area contributed by atoms with E-state index in [0.717, 1.165) is 0 Å². The first-order chi connectivity index (χ1) is 6.74. The lowest BCUT2D eigenvalue weighted by atomic mass is 10.2. The Bertz CT molecular complexity index is 295. The molecule has 3 nitrogen and oxygen atoms in total. The smallest absolute Gasteiger partial charge is 0.219 e. The Balaban J connectivity index is 0.000000255. The van der Waals surface area contributed by atoms with Crippen LogP contribution in [0.25, 0.3) is 0 Å². The van der Waals surface area contributed by atoms with Crippen LogP contribution in [-0.4, -0.2) is 13.0 Å². The maximum atomic E-state index is 10.1. The van der Waals surface area contributed by atoms with Crippen LogP contribution in [0.4, 0.5) is 0 Å². The number of hydrogen-bond acceptors (Lipinski definition) is 2. The Kier molecular flexibility index (Phi) is 6.79. The van der Waals surface area contributed by atoms with E-state index in [9.17, 15) is 4.79 Å². The molecule has 0 heterocycles. The van der Waals surface area contributed by atoms with Crippen LogP contribution in [0.15, 0.2) is 30.3 Å². The summed E-state index contributed by atoms with van der Waals surface area (Å²) in [5, 5.41) is 10.8. The number of nitriles is 1. The zero-order chi connectivity index (χ0) is 10.8. The molecule has 1 aromatic rings. The van der Waals surface area contributed by atoms with E-state index < -0.39 is 0 Å². The van der Waals surface area contributed by atoms with E-state index in [1.54, 1.807) is 19.2 Å². The highest BCUT2D eigenvalue weighted by Crippen LogP contribution is 1.93. The van der Waals surface area contributed by atoms with Crippen LogP contribution in [0.3, 0.4) is 0 Å². The molecule has 1 N–H and O–H groups in total. The van der Waals surface area contributed by atoms with Crippen molar-refractivity contribution in [1.29, 1.82) is 5.26 Å². The minimum atomic E-state index is 0.0926. The molecule has 0 atom stereocenters. The molecule has 0 fully saturated rings. The summed E-state index contributed by atoms with van der Waals surface area (Å²) in [6.07, 6.45) is 0.580. The number of hydrogen-bond donors (Lipinski definition) is 1. The molecule has 0 aliphatic heterocycles. The van der Waals surface area contributed by atoms with Crippen LogP contribution in [0.2, 0.25) is 0 Å². The Morgan fingerprint density at radius 2 is 2.00 bits per heavy atom. The molecule has 0 aliphatic rings. The molecule has 74 valence electrons. The number of nitrogens with zero attached hydrogens (tertiary/aromatic N) is 1. The van der Waals surface area contributed by atoms with E-state index in [1.165, 1.54) is 0 Å². The van der Waals surface area contributed by atoms with Crippen LogP contribution >= 0.6 is 0 Å². The quantitative estimate of drug-likeness (QED) is 0.732. The van der Waals surface area contributed by atoms with Gasteiger partial charge in [-0.05, 0) is 12.1 Å². The molecule has 3 heteroatoms. The lowest BCUT2D eigenvalue weighted by Gasteiger charge is -1.87. The van der Waals surface area contributed by atoms with Crippen LogP contribution in [-0.2, 0) is 4.79 Å². The first-order valence-electron chi connectivity index (χ1n) is 4.40. The van der Waals surface area contributed by atoms with Crippen LogP contribution in [0, 0.1) is 11.3 Å². The van der Waals surface area contributed by atoms with Gasteiger partial charge in [-0.15, -0.1) is 0 Å². The van der Waals surface area contributed by atoms with E-state index in [-0.39, 0.29) is 5.91 Å². The first kappa shape index (κ1) is 12.2. The van der Waals surface area contributed by atoms with Crippen molar-refractivity contribution in [2.24, 2.45) is 0 Å². The predicted octanol–water partition coefficient (Wildman–Crippen LogP) is 1.70. The number of amides is 1. The highest BCUT2D eigenvalue weighted by Gasteiger charge is 1.84. The zero-order valence-electron chi connectivity index (χ0n) is 8.45. The minimum absolute atomic E-state index is 0.0926. The van der Waals surface area contributed by atoms with Crippen molar-refractivity contribution in [2.45, 2.75) is 13.3 Å². The maximum absolute atomic E-state index is 10.1. The van der Waals surface area contributed by atoms with E-state index in [2.05, 4.69) is 5.32 Å². The Labute approximate surface area is 84.4 Å². The van der Waals surface area contributed by atoms with Gasteiger partial charge in [0.15, 0.2) is 0 Å². The molecule has 0 radical (unpaired) electrons. The Hall–Kier alpha value is -1.82. The number of rotatable bonds is 1. The molecule has 1 amide bonds. The molecule has 0 saturated heterocycles. The number of carbonyl (C=O) groups excluding carboxylic acids is 1. The summed E-state index contributed by atoms with van der Waals surface area (Å²) < 4.78 is 0. The largest absolute Gasteiger partial charge is 0.359 e. The minimum Gasteiger partial charge on any atom is -0.359 e. The fraction of sp³-hybridized carbons (Fsp3) is 0.273. The average molecular weight is 190 g/mol. The fourth-order valence-electron chi connectivity index (χ4n) is 0.689. The van der Waals surface area contributed by atoms with Crippen molar-refractivity contribution < 1.29 is 4.79 Å². The van der Waals surface area contributed by atoms with Gasteiger partial charge in [0.05, 0.1) is 11.6 Å². The van der Waals surface area contributed by atoms with Crippen molar-refractivity contribution in [1.82, 2.24) is 5.32 Å². The van der Waals surface area contributed by atoms with Crippen molar-refractivity contribution in [3.8, 4) is 6.07 Å². The monoisotopic (exact) mass is 190 g/mol. The van der Waals surface area contributed by atoms with Gasteiger partial charge in [-0.25, -0.2) is 0 Å². The normalized spacial score (nSPS) is 7.79. The highest BCUT2D eigenvalue weighted by molar-refractivity contribution is 5.74. The van der Waals surface area contributed by atoms with Crippen LogP contribution < -0.4 is 5.32 Å². The molecule has 0 aromatic heterocycles. The highest BCUT2D eigenvalue weighted by atomic mass is 16.1. The Morgan fingerprint density at radius 1 is 1.43 bits per heavy atom. The van der Waals surface area contributed by atoms with Crippen molar-refractivity contribution in [2.75, 3.05) is 7.05 Å². The zero-order valence-corrected chi connectivity index (χ0v) is 8.45. The summed E-state index contributed by atoms with van der Waals surface area (Å²) >= 11 is 0. The van der Waals surface area contributed by atoms with Gasteiger partial charge >= 0.3 is 0 Å².